The Labute approximate surface area is 125 Å². The first-order valence-electron chi connectivity index (χ1n) is 7.36. The first-order chi connectivity index (χ1) is 10.2. The molecule has 110 valence electrons. The third-order valence-electron chi connectivity index (χ3n) is 4.19. The summed E-state index contributed by atoms with van der Waals surface area (Å²) in [5, 5.41) is 3.49. The van der Waals surface area contributed by atoms with Crippen LogP contribution in [0.1, 0.15) is 29.9 Å². The van der Waals surface area contributed by atoms with Crippen molar-refractivity contribution in [3.63, 3.8) is 0 Å². The van der Waals surface area contributed by atoms with Gasteiger partial charge in [0.05, 0.1) is 7.11 Å². The van der Waals surface area contributed by atoms with E-state index in [0.717, 1.165) is 30.7 Å². The molecule has 0 bridgehead atoms. The van der Waals surface area contributed by atoms with E-state index >= 15 is 0 Å². The van der Waals surface area contributed by atoms with E-state index in [1.807, 2.05) is 18.2 Å². The van der Waals surface area contributed by atoms with Crippen molar-refractivity contribution in [1.82, 2.24) is 5.32 Å². The van der Waals surface area contributed by atoms with Crippen molar-refractivity contribution in [3.05, 3.63) is 65.5 Å². The van der Waals surface area contributed by atoms with Crippen LogP contribution in [0.4, 0.5) is 4.39 Å². The van der Waals surface area contributed by atoms with Gasteiger partial charge in [-0.05, 0) is 54.2 Å². The summed E-state index contributed by atoms with van der Waals surface area (Å²) in [7, 11) is 1.70. The molecule has 0 spiro atoms. The number of halogens is 1. The fourth-order valence-corrected chi connectivity index (χ4v) is 2.86. The lowest BCUT2D eigenvalue weighted by molar-refractivity contribution is 0.288. The molecule has 0 radical (unpaired) electrons. The minimum absolute atomic E-state index is 0.169. The molecule has 0 saturated heterocycles. The number of hydrogen-bond acceptors (Lipinski definition) is 2. The number of nitrogens with one attached hydrogen (secondary N) is 1. The molecule has 1 saturated carbocycles. The lowest BCUT2D eigenvalue weighted by atomic mass is 9.76. The van der Waals surface area contributed by atoms with Crippen molar-refractivity contribution < 1.29 is 9.13 Å². The summed E-state index contributed by atoms with van der Waals surface area (Å²) in [6.45, 7) is 0.729. The number of benzene rings is 2. The summed E-state index contributed by atoms with van der Waals surface area (Å²) < 4.78 is 18.4. The molecule has 0 unspecified atom stereocenters. The summed E-state index contributed by atoms with van der Waals surface area (Å²) >= 11 is 0. The molecule has 0 aromatic heterocycles. The quantitative estimate of drug-likeness (QED) is 0.900. The molecule has 3 rings (SSSR count). The van der Waals surface area contributed by atoms with Crippen molar-refractivity contribution >= 4 is 0 Å². The number of ether oxygens (including phenoxy) is 1. The maximum atomic E-state index is 13.1. The average Bonchev–Trinajstić information content (AvgIpc) is 2.46. The molecule has 2 aromatic rings. The Kier molecular flexibility index (Phi) is 4.20. The van der Waals surface area contributed by atoms with Crippen LogP contribution < -0.4 is 10.1 Å². The summed E-state index contributed by atoms with van der Waals surface area (Å²) in [6, 6.07) is 15.6. The van der Waals surface area contributed by atoms with Gasteiger partial charge in [0.25, 0.3) is 0 Å². The Bertz CT molecular complexity index is 608. The van der Waals surface area contributed by atoms with Crippen molar-refractivity contribution in [3.8, 4) is 5.75 Å². The van der Waals surface area contributed by atoms with E-state index in [2.05, 4.69) is 17.4 Å². The smallest absolute Gasteiger partial charge is 0.123 e. The zero-order chi connectivity index (χ0) is 14.7. The van der Waals surface area contributed by atoms with Crippen LogP contribution >= 0.6 is 0 Å². The van der Waals surface area contributed by atoms with E-state index in [-0.39, 0.29) is 5.82 Å². The molecular formula is C18H20FNO. The van der Waals surface area contributed by atoms with Gasteiger partial charge in [0.1, 0.15) is 11.6 Å². The standard InChI is InChI=1S/C18H20FNO/c1-21-18-7-3-5-14(11-18)15-9-17(10-15)20-12-13-4-2-6-16(19)8-13/h2-8,11,15,17,20H,9-10,12H2,1H3. The second-order valence-corrected chi connectivity index (χ2v) is 5.65. The van der Waals surface area contributed by atoms with Gasteiger partial charge in [-0.25, -0.2) is 4.39 Å². The van der Waals surface area contributed by atoms with E-state index in [9.17, 15) is 4.39 Å². The SMILES string of the molecule is COc1cccc(C2CC(NCc3cccc(F)c3)C2)c1. The summed E-state index contributed by atoms with van der Waals surface area (Å²) in [5.74, 6) is 1.35. The van der Waals surface area contributed by atoms with Gasteiger partial charge in [-0.2, -0.15) is 0 Å². The molecule has 1 N–H and O–H groups in total. The van der Waals surface area contributed by atoms with Gasteiger partial charge in [0, 0.05) is 12.6 Å². The lowest BCUT2D eigenvalue weighted by Gasteiger charge is -2.36. The molecule has 0 heterocycles. The largest absolute Gasteiger partial charge is 0.497 e. The van der Waals surface area contributed by atoms with E-state index in [0.29, 0.717) is 12.0 Å². The van der Waals surface area contributed by atoms with Crippen molar-refractivity contribution in [2.45, 2.75) is 31.3 Å². The van der Waals surface area contributed by atoms with Crippen LogP contribution in [-0.4, -0.2) is 13.2 Å². The predicted octanol–water partition coefficient (Wildman–Crippen LogP) is 3.87. The van der Waals surface area contributed by atoms with Crippen LogP contribution in [0.3, 0.4) is 0 Å². The minimum Gasteiger partial charge on any atom is -0.497 e. The van der Waals surface area contributed by atoms with Crippen LogP contribution in [0, 0.1) is 5.82 Å². The Hall–Kier alpha value is -1.87. The maximum absolute atomic E-state index is 13.1. The van der Waals surface area contributed by atoms with Gasteiger partial charge < -0.3 is 10.1 Å². The molecule has 3 heteroatoms. The number of rotatable bonds is 5. The molecule has 0 aliphatic heterocycles. The fourth-order valence-electron chi connectivity index (χ4n) is 2.86. The summed E-state index contributed by atoms with van der Waals surface area (Å²) in [5.41, 5.74) is 2.35. The van der Waals surface area contributed by atoms with Gasteiger partial charge in [-0.3, -0.25) is 0 Å². The Morgan fingerprint density at radius 2 is 1.95 bits per heavy atom. The van der Waals surface area contributed by atoms with Gasteiger partial charge in [0.15, 0.2) is 0 Å². The van der Waals surface area contributed by atoms with Crippen molar-refractivity contribution in [1.29, 1.82) is 0 Å². The fraction of sp³-hybridized carbons (Fsp3) is 0.333. The minimum atomic E-state index is -0.169. The lowest BCUT2D eigenvalue weighted by Crippen LogP contribution is -2.39. The third-order valence-corrected chi connectivity index (χ3v) is 4.19. The highest BCUT2D eigenvalue weighted by molar-refractivity contribution is 5.32. The molecule has 2 aromatic carbocycles. The molecule has 21 heavy (non-hydrogen) atoms. The zero-order valence-electron chi connectivity index (χ0n) is 12.2. The van der Waals surface area contributed by atoms with Gasteiger partial charge >= 0.3 is 0 Å². The molecule has 2 nitrogen and oxygen atoms in total. The van der Waals surface area contributed by atoms with E-state index in [1.54, 1.807) is 19.2 Å². The monoisotopic (exact) mass is 285 g/mol. The van der Waals surface area contributed by atoms with E-state index in [4.69, 9.17) is 4.74 Å². The molecule has 1 aliphatic carbocycles. The van der Waals surface area contributed by atoms with Crippen LogP contribution in [-0.2, 0) is 6.54 Å². The second kappa shape index (κ2) is 6.27. The molecule has 1 aliphatic rings. The van der Waals surface area contributed by atoms with Gasteiger partial charge in [0.2, 0.25) is 0 Å². The van der Waals surface area contributed by atoms with Crippen molar-refractivity contribution in [2.24, 2.45) is 0 Å². The molecular weight excluding hydrogens is 265 g/mol. The van der Waals surface area contributed by atoms with Gasteiger partial charge in [-0.1, -0.05) is 24.3 Å². The van der Waals surface area contributed by atoms with Crippen molar-refractivity contribution in [2.75, 3.05) is 7.11 Å². The normalized spacial score (nSPS) is 20.9. The van der Waals surface area contributed by atoms with Crippen LogP contribution in [0.2, 0.25) is 0 Å². The van der Waals surface area contributed by atoms with E-state index < -0.39 is 0 Å². The highest BCUT2D eigenvalue weighted by Crippen LogP contribution is 2.38. The predicted molar refractivity (Wildman–Crippen MR) is 82.0 cm³/mol. The molecule has 0 amide bonds. The Morgan fingerprint density at radius 1 is 1.14 bits per heavy atom. The highest BCUT2D eigenvalue weighted by atomic mass is 19.1. The maximum Gasteiger partial charge on any atom is 0.123 e. The molecule has 1 fully saturated rings. The summed E-state index contributed by atoms with van der Waals surface area (Å²) in [4.78, 5) is 0. The second-order valence-electron chi connectivity index (χ2n) is 5.65. The Morgan fingerprint density at radius 3 is 2.71 bits per heavy atom. The highest BCUT2D eigenvalue weighted by Gasteiger charge is 2.29. The van der Waals surface area contributed by atoms with Crippen LogP contribution in [0.5, 0.6) is 5.75 Å². The zero-order valence-corrected chi connectivity index (χ0v) is 12.2. The Balaban J connectivity index is 1.49. The molecule has 0 atom stereocenters. The topological polar surface area (TPSA) is 21.3 Å². The van der Waals surface area contributed by atoms with Crippen LogP contribution in [0.15, 0.2) is 48.5 Å². The number of hydrogen-bond donors (Lipinski definition) is 1. The third kappa shape index (κ3) is 3.42. The first-order valence-corrected chi connectivity index (χ1v) is 7.36. The van der Waals surface area contributed by atoms with Crippen LogP contribution in [0.25, 0.3) is 0 Å². The average molecular weight is 285 g/mol. The van der Waals surface area contributed by atoms with Gasteiger partial charge in [-0.15, -0.1) is 0 Å². The first kappa shape index (κ1) is 14.1. The van der Waals surface area contributed by atoms with E-state index in [1.165, 1.54) is 11.6 Å². The summed E-state index contributed by atoms with van der Waals surface area (Å²) in [6.07, 6.45) is 2.25. The number of methoxy groups -OCH3 is 1.